The minimum Gasteiger partial charge on any atom is -0.492 e. The monoisotopic (exact) mass is 532 g/mol. The second-order valence-corrected chi connectivity index (χ2v) is 9.02. The maximum atomic E-state index is 11.9. The lowest BCUT2D eigenvalue weighted by atomic mass is 9.88. The predicted octanol–water partition coefficient (Wildman–Crippen LogP) is 6.55. The predicted molar refractivity (Wildman–Crippen MR) is 139 cm³/mol. The van der Waals surface area contributed by atoms with E-state index in [-0.39, 0.29) is 11.9 Å². The van der Waals surface area contributed by atoms with Crippen LogP contribution in [0.4, 0.5) is 0 Å². The Labute approximate surface area is 212 Å². The first-order chi connectivity index (χ1) is 16.6. The van der Waals surface area contributed by atoms with Gasteiger partial charge in [-0.1, -0.05) is 59.1 Å². The molecule has 1 atom stereocenters. The van der Waals surface area contributed by atoms with Crippen LogP contribution in [-0.2, 0) is 27.1 Å². The van der Waals surface area contributed by atoms with Gasteiger partial charge >= 0.3 is 11.9 Å². The third-order valence-corrected chi connectivity index (χ3v) is 5.99. The summed E-state index contributed by atoms with van der Waals surface area (Å²) in [4.78, 5) is 23.6. The average Bonchev–Trinajstić information content (AvgIpc) is 2.85. The average molecular weight is 534 g/mol. The first-order valence-corrected chi connectivity index (χ1v) is 13.4. The van der Waals surface area contributed by atoms with Gasteiger partial charge in [-0.3, -0.25) is 4.79 Å². The van der Waals surface area contributed by atoms with Crippen molar-refractivity contribution in [3.63, 3.8) is 0 Å². The normalized spacial score (nSPS) is 11.6. The first kappa shape index (κ1) is 27.9. The number of esters is 2. The number of alkyl halides is 1. The van der Waals surface area contributed by atoms with Crippen molar-refractivity contribution >= 4 is 27.9 Å². The molecule has 0 bridgehead atoms. The molecule has 0 fully saturated rings. The molecule has 2 aromatic carbocycles. The Hall–Kier alpha value is -2.34. The lowest BCUT2D eigenvalue weighted by Crippen LogP contribution is -2.09. The fourth-order valence-corrected chi connectivity index (χ4v) is 4.13. The number of para-hydroxylation sites is 1. The lowest BCUT2D eigenvalue weighted by molar-refractivity contribution is -0.143. The molecule has 0 N–H and O–H groups in total. The summed E-state index contributed by atoms with van der Waals surface area (Å²) >= 11 is 3.42. The Morgan fingerprint density at radius 3 is 2.35 bits per heavy atom. The SMILES string of the molecule is CCOC(=O)CCCCC(CCc1ccccc1OCCBr)Cc1ccc(C(=O)OCC)cc1. The second-order valence-electron chi connectivity index (χ2n) is 8.22. The van der Waals surface area contributed by atoms with Gasteiger partial charge in [0.05, 0.1) is 25.4 Å². The molecule has 0 saturated heterocycles. The number of ether oxygens (including phenoxy) is 3. The van der Waals surface area contributed by atoms with E-state index in [4.69, 9.17) is 14.2 Å². The number of hydrogen-bond acceptors (Lipinski definition) is 5. The summed E-state index contributed by atoms with van der Waals surface area (Å²) in [6, 6.07) is 15.9. The van der Waals surface area contributed by atoms with Crippen LogP contribution >= 0.6 is 15.9 Å². The van der Waals surface area contributed by atoms with E-state index in [0.717, 1.165) is 49.6 Å². The zero-order valence-corrected chi connectivity index (χ0v) is 22.0. The highest BCUT2D eigenvalue weighted by Gasteiger charge is 2.14. The van der Waals surface area contributed by atoms with E-state index >= 15 is 0 Å². The lowest BCUT2D eigenvalue weighted by Gasteiger charge is -2.18. The maximum absolute atomic E-state index is 11.9. The number of unbranched alkanes of at least 4 members (excludes halogenated alkanes) is 1. The molecular weight excluding hydrogens is 496 g/mol. The molecule has 5 nitrogen and oxygen atoms in total. The van der Waals surface area contributed by atoms with Gasteiger partial charge in [-0.25, -0.2) is 4.79 Å². The Morgan fingerprint density at radius 2 is 1.65 bits per heavy atom. The summed E-state index contributed by atoms with van der Waals surface area (Å²) in [6.07, 6.45) is 6.19. The quantitative estimate of drug-likeness (QED) is 0.139. The number of aryl methyl sites for hydroxylation is 1. The molecule has 0 spiro atoms. The van der Waals surface area contributed by atoms with Gasteiger partial charge in [0.15, 0.2) is 0 Å². The number of carbonyl (C=O) groups is 2. The standard InChI is InChI=1S/C28H37BrO5/c1-3-32-27(30)12-8-5-9-22(13-16-24-10-6-7-11-26(24)34-20-19-29)21-23-14-17-25(18-15-23)28(31)33-4-2/h6-7,10-11,14-15,17-18,22H,3-5,8-9,12-13,16,19-21H2,1-2H3. The van der Waals surface area contributed by atoms with E-state index in [1.807, 2.05) is 50.2 Å². The molecule has 0 aliphatic carbocycles. The van der Waals surface area contributed by atoms with Gasteiger partial charge in [-0.05, 0) is 74.8 Å². The van der Waals surface area contributed by atoms with Crippen molar-refractivity contribution < 1.29 is 23.8 Å². The first-order valence-electron chi connectivity index (χ1n) is 12.3. The Bertz CT molecular complexity index is 865. The van der Waals surface area contributed by atoms with Crippen molar-refractivity contribution in [3.05, 3.63) is 65.2 Å². The summed E-state index contributed by atoms with van der Waals surface area (Å²) in [7, 11) is 0. The van der Waals surface area contributed by atoms with Crippen LogP contribution in [-0.4, -0.2) is 37.1 Å². The summed E-state index contributed by atoms with van der Waals surface area (Å²) in [5, 5.41) is 0.798. The molecule has 0 heterocycles. The van der Waals surface area contributed by atoms with Gasteiger partial charge in [0.2, 0.25) is 0 Å². The van der Waals surface area contributed by atoms with E-state index in [0.29, 0.717) is 37.7 Å². The number of benzene rings is 2. The van der Waals surface area contributed by atoms with Crippen LogP contribution in [0.25, 0.3) is 0 Å². The maximum Gasteiger partial charge on any atom is 0.338 e. The van der Waals surface area contributed by atoms with Crippen LogP contribution in [0.3, 0.4) is 0 Å². The molecule has 2 aromatic rings. The van der Waals surface area contributed by atoms with E-state index < -0.39 is 0 Å². The van der Waals surface area contributed by atoms with Crippen LogP contribution in [0.2, 0.25) is 0 Å². The van der Waals surface area contributed by atoms with Gasteiger partial charge < -0.3 is 14.2 Å². The molecular formula is C28H37BrO5. The van der Waals surface area contributed by atoms with Crippen LogP contribution in [0.15, 0.2) is 48.5 Å². The highest BCUT2D eigenvalue weighted by molar-refractivity contribution is 9.09. The number of halogens is 1. The van der Waals surface area contributed by atoms with Crippen molar-refractivity contribution in [1.82, 2.24) is 0 Å². The number of carbonyl (C=O) groups excluding carboxylic acids is 2. The third-order valence-electron chi connectivity index (χ3n) is 5.67. The van der Waals surface area contributed by atoms with Gasteiger partial charge in [0, 0.05) is 11.8 Å². The van der Waals surface area contributed by atoms with Gasteiger partial charge in [-0.15, -0.1) is 0 Å². The molecule has 186 valence electrons. The van der Waals surface area contributed by atoms with E-state index in [1.54, 1.807) is 0 Å². The fraction of sp³-hybridized carbons (Fsp3) is 0.500. The zero-order chi connectivity index (χ0) is 24.6. The topological polar surface area (TPSA) is 61.8 Å². The van der Waals surface area contributed by atoms with Crippen molar-refractivity contribution in [1.29, 1.82) is 0 Å². The van der Waals surface area contributed by atoms with Crippen LogP contribution in [0.5, 0.6) is 5.75 Å². The van der Waals surface area contributed by atoms with E-state index in [9.17, 15) is 9.59 Å². The molecule has 6 heteroatoms. The van der Waals surface area contributed by atoms with Gasteiger partial charge in [0.25, 0.3) is 0 Å². The minimum atomic E-state index is -0.287. The Morgan fingerprint density at radius 1 is 0.912 bits per heavy atom. The van der Waals surface area contributed by atoms with Crippen molar-refractivity contribution in [2.45, 2.75) is 58.8 Å². The third kappa shape index (κ3) is 10.3. The van der Waals surface area contributed by atoms with E-state index in [1.165, 1.54) is 11.1 Å². The van der Waals surface area contributed by atoms with Crippen molar-refractivity contribution in [2.24, 2.45) is 5.92 Å². The highest BCUT2D eigenvalue weighted by atomic mass is 79.9. The largest absolute Gasteiger partial charge is 0.492 e. The molecule has 1 unspecified atom stereocenters. The van der Waals surface area contributed by atoms with Crippen molar-refractivity contribution in [2.75, 3.05) is 25.2 Å². The van der Waals surface area contributed by atoms with Crippen LogP contribution in [0, 0.1) is 5.92 Å². The molecule has 0 aromatic heterocycles. The zero-order valence-electron chi connectivity index (χ0n) is 20.4. The molecule has 0 aliphatic rings. The molecule has 0 radical (unpaired) electrons. The number of rotatable bonds is 16. The van der Waals surface area contributed by atoms with Crippen LogP contribution < -0.4 is 4.74 Å². The summed E-state index contributed by atoms with van der Waals surface area (Å²) in [6.45, 7) is 5.08. The number of hydrogen-bond donors (Lipinski definition) is 0. The molecule has 0 saturated carbocycles. The molecule has 34 heavy (non-hydrogen) atoms. The Balaban J connectivity index is 2.01. The molecule has 2 rings (SSSR count). The minimum absolute atomic E-state index is 0.119. The summed E-state index contributed by atoms with van der Waals surface area (Å²) in [5.41, 5.74) is 3.00. The van der Waals surface area contributed by atoms with E-state index in [2.05, 4.69) is 28.1 Å². The highest BCUT2D eigenvalue weighted by Crippen LogP contribution is 2.26. The molecule has 0 amide bonds. The fourth-order valence-electron chi connectivity index (χ4n) is 3.97. The van der Waals surface area contributed by atoms with Gasteiger partial charge in [0.1, 0.15) is 5.75 Å². The second kappa shape index (κ2) is 16.3. The van der Waals surface area contributed by atoms with Crippen molar-refractivity contribution in [3.8, 4) is 5.75 Å². The molecule has 0 aliphatic heterocycles. The Kier molecular flexibility index (Phi) is 13.4. The van der Waals surface area contributed by atoms with Crippen LogP contribution in [0.1, 0.15) is 67.4 Å². The summed E-state index contributed by atoms with van der Waals surface area (Å²) in [5.74, 6) is 0.998. The smallest absolute Gasteiger partial charge is 0.338 e. The van der Waals surface area contributed by atoms with Gasteiger partial charge in [-0.2, -0.15) is 0 Å². The summed E-state index contributed by atoms with van der Waals surface area (Å²) < 4.78 is 16.0.